The number of anilines is 1. The molecule has 3 nitrogen and oxygen atoms in total. The molecule has 0 aliphatic heterocycles. The summed E-state index contributed by atoms with van der Waals surface area (Å²) in [4.78, 5) is 10.7. The van der Waals surface area contributed by atoms with Crippen LogP contribution in [0.5, 0.6) is 0 Å². The molecule has 1 aromatic carbocycles. The molecule has 0 spiro atoms. The summed E-state index contributed by atoms with van der Waals surface area (Å²) in [6.45, 7) is 1.83. The SMILES string of the molecule is CC/C(=C/CNc1cc(F)c(Br)cc1F)C(=O)O. The first-order valence-corrected chi connectivity index (χ1v) is 6.05. The van der Waals surface area contributed by atoms with Crippen LogP contribution in [0.2, 0.25) is 0 Å². The van der Waals surface area contributed by atoms with Gasteiger partial charge in [-0.1, -0.05) is 13.0 Å². The maximum absolute atomic E-state index is 13.4. The third-order valence-electron chi connectivity index (χ3n) is 2.31. The molecule has 0 heterocycles. The number of carboxylic acid groups (broad SMARTS) is 1. The Morgan fingerprint density at radius 1 is 1.44 bits per heavy atom. The fourth-order valence-electron chi connectivity index (χ4n) is 1.33. The lowest BCUT2D eigenvalue weighted by atomic mass is 10.2. The van der Waals surface area contributed by atoms with Gasteiger partial charge in [-0.15, -0.1) is 0 Å². The number of hydrogen-bond acceptors (Lipinski definition) is 2. The second-order valence-electron chi connectivity index (χ2n) is 3.52. The van der Waals surface area contributed by atoms with Crippen molar-refractivity contribution < 1.29 is 18.7 Å². The molecular weight excluding hydrogens is 308 g/mol. The minimum absolute atomic E-state index is 0.00667. The van der Waals surface area contributed by atoms with Gasteiger partial charge in [-0.3, -0.25) is 0 Å². The molecule has 0 bridgehead atoms. The third-order valence-corrected chi connectivity index (χ3v) is 2.91. The Morgan fingerprint density at radius 3 is 2.67 bits per heavy atom. The van der Waals surface area contributed by atoms with E-state index in [1.54, 1.807) is 6.92 Å². The van der Waals surface area contributed by atoms with Crippen molar-refractivity contribution in [2.75, 3.05) is 11.9 Å². The number of carbonyl (C=O) groups is 1. The normalized spacial score (nSPS) is 11.4. The average Bonchev–Trinajstić information content (AvgIpc) is 2.30. The van der Waals surface area contributed by atoms with Crippen LogP contribution in [0.4, 0.5) is 14.5 Å². The molecule has 1 aromatic rings. The number of rotatable bonds is 5. The van der Waals surface area contributed by atoms with Gasteiger partial charge in [0.2, 0.25) is 0 Å². The maximum Gasteiger partial charge on any atom is 0.331 e. The molecule has 2 N–H and O–H groups in total. The Hall–Kier alpha value is -1.43. The van der Waals surface area contributed by atoms with E-state index in [1.165, 1.54) is 6.08 Å². The minimum atomic E-state index is -1.01. The van der Waals surface area contributed by atoms with Gasteiger partial charge in [0, 0.05) is 18.2 Å². The summed E-state index contributed by atoms with van der Waals surface area (Å²) in [5.74, 6) is -2.20. The standard InChI is InChI=1S/C12H12BrF2NO2/c1-2-7(12(17)18)3-4-16-11-6-9(14)8(13)5-10(11)15/h3,5-6,16H,2,4H2,1H3,(H,17,18)/b7-3-. The van der Waals surface area contributed by atoms with Gasteiger partial charge in [0.05, 0.1) is 10.2 Å². The summed E-state index contributed by atoms with van der Waals surface area (Å²) in [6, 6.07) is 2.03. The van der Waals surface area contributed by atoms with Gasteiger partial charge in [0.1, 0.15) is 11.6 Å². The molecule has 0 aliphatic carbocycles. The molecule has 0 aliphatic rings. The quantitative estimate of drug-likeness (QED) is 0.644. The zero-order valence-electron chi connectivity index (χ0n) is 9.64. The van der Waals surface area contributed by atoms with E-state index in [0.29, 0.717) is 6.42 Å². The third kappa shape index (κ3) is 3.80. The number of hydrogen-bond donors (Lipinski definition) is 2. The van der Waals surface area contributed by atoms with Gasteiger partial charge < -0.3 is 10.4 Å². The summed E-state index contributed by atoms with van der Waals surface area (Å²) in [5, 5.41) is 11.4. The molecule has 0 radical (unpaired) electrons. The molecule has 0 saturated carbocycles. The fourth-order valence-corrected chi connectivity index (χ4v) is 1.64. The lowest BCUT2D eigenvalue weighted by molar-refractivity contribution is -0.132. The highest BCUT2D eigenvalue weighted by molar-refractivity contribution is 9.10. The van der Waals surface area contributed by atoms with Crippen molar-refractivity contribution in [1.82, 2.24) is 0 Å². The number of nitrogens with one attached hydrogen (secondary N) is 1. The van der Waals surface area contributed by atoms with Crippen LogP contribution in [0, 0.1) is 11.6 Å². The van der Waals surface area contributed by atoms with Crippen LogP contribution in [-0.4, -0.2) is 17.6 Å². The lowest BCUT2D eigenvalue weighted by Gasteiger charge is -2.07. The van der Waals surface area contributed by atoms with Crippen LogP contribution in [0.15, 0.2) is 28.3 Å². The Morgan fingerprint density at radius 2 is 2.11 bits per heavy atom. The number of aliphatic carboxylic acids is 1. The van der Waals surface area contributed by atoms with E-state index in [-0.39, 0.29) is 22.3 Å². The van der Waals surface area contributed by atoms with Crippen molar-refractivity contribution in [3.8, 4) is 0 Å². The Balaban J connectivity index is 2.75. The summed E-state index contributed by atoms with van der Waals surface area (Å²) >= 11 is 2.87. The second kappa shape index (κ2) is 6.49. The van der Waals surface area contributed by atoms with Gasteiger partial charge in [-0.25, -0.2) is 13.6 Å². The molecule has 0 unspecified atom stereocenters. The highest BCUT2D eigenvalue weighted by atomic mass is 79.9. The molecule has 98 valence electrons. The molecule has 0 atom stereocenters. The first kappa shape index (κ1) is 14.6. The lowest BCUT2D eigenvalue weighted by Crippen LogP contribution is -2.06. The van der Waals surface area contributed by atoms with Gasteiger partial charge in [0.25, 0.3) is 0 Å². The van der Waals surface area contributed by atoms with E-state index in [9.17, 15) is 13.6 Å². The Kier molecular flexibility index (Phi) is 5.27. The Bertz CT molecular complexity index is 489. The van der Waals surface area contributed by atoms with Crippen molar-refractivity contribution >= 4 is 27.6 Å². The smallest absolute Gasteiger partial charge is 0.331 e. The number of carboxylic acids is 1. The predicted molar refractivity (Wildman–Crippen MR) is 68.6 cm³/mol. The van der Waals surface area contributed by atoms with E-state index in [2.05, 4.69) is 21.2 Å². The molecule has 0 amide bonds. The highest BCUT2D eigenvalue weighted by Crippen LogP contribution is 2.23. The predicted octanol–water partition coefficient (Wildman–Crippen LogP) is 3.56. The van der Waals surface area contributed by atoms with Crippen LogP contribution < -0.4 is 5.32 Å². The summed E-state index contributed by atoms with van der Waals surface area (Å²) in [7, 11) is 0. The zero-order chi connectivity index (χ0) is 13.7. The van der Waals surface area contributed by atoms with Gasteiger partial charge >= 0.3 is 5.97 Å². The summed E-state index contributed by atoms with van der Waals surface area (Å²) in [5.41, 5.74) is 0.216. The molecule has 18 heavy (non-hydrogen) atoms. The van der Waals surface area contributed by atoms with Crippen LogP contribution >= 0.6 is 15.9 Å². The van der Waals surface area contributed by atoms with Crippen LogP contribution in [-0.2, 0) is 4.79 Å². The van der Waals surface area contributed by atoms with E-state index in [1.807, 2.05) is 0 Å². The largest absolute Gasteiger partial charge is 0.478 e. The van der Waals surface area contributed by atoms with E-state index < -0.39 is 17.6 Å². The van der Waals surface area contributed by atoms with Crippen molar-refractivity contribution in [2.45, 2.75) is 13.3 Å². The van der Waals surface area contributed by atoms with Crippen LogP contribution in [0.3, 0.4) is 0 Å². The molecule has 0 saturated heterocycles. The first-order chi connectivity index (χ1) is 8.45. The van der Waals surface area contributed by atoms with Crippen molar-refractivity contribution in [1.29, 1.82) is 0 Å². The van der Waals surface area contributed by atoms with E-state index in [4.69, 9.17) is 5.11 Å². The van der Waals surface area contributed by atoms with Gasteiger partial charge in [0.15, 0.2) is 0 Å². The molecule has 1 rings (SSSR count). The van der Waals surface area contributed by atoms with Gasteiger partial charge in [-0.2, -0.15) is 0 Å². The second-order valence-corrected chi connectivity index (χ2v) is 4.37. The fraction of sp³-hybridized carbons (Fsp3) is 0.250. The average molecular weight is 320 g/mol. The minimum Gasteiger partial charge on any atom is -0.478 e. The summed E-state index contributed by atoms with van der Waals surface area (Å²) in [6.07, 6.45) is 1.80. The van der Waals surface area contributed by atoms with E-state index >= 15 is 0 Å². The Labute approximate surface area is 112 Å². The summed E-state index contributed by atoms with van der Waals surface area (Å²) < 4.78 is 26.6. The zero-order valence-corrected chi connectivity index (χ0v) is 11.2. The van der Waals surface area contributed by atoms with E-state index in [0.717, 1.165) is 12.1 Å². The topological polar surface area (TPSA) is 49.3 Å². The molecular formula is C12H12BrF2NO2. The number of benzene rings is 1. The van der Waals surface area contributed by atoms with Crippen LogP contribution in [0.25, 0.3) is 0 Å². The first-order valence-electron chi connectivity index (χ1n) is 5.26. The van der Waals surface area contributed by atoms with Crippen molar-refractivity contribution in [3.63, 3.8) is 0 Å². The van der Waals surface area contributed by atoms with Gasteiger partial charge in [-0.05, 0) is 28.4 Å². The molecule has 0 fully saturated rings. The van der Waals surface area contributed by atoms with Crippen molar-refractivity contribution in [3.05, 3.63) is 39.9 Å². The highest BCUT2D eigenvalue weighted by Gasteiger charge is 2.08. The molecule has 6 heteroatoms. The van der Waals surface area contributed by atoms with Crippen molar-refractivity contribution in [2.24, 2.45) is 0 Å². The molecule has 0 aromatic heterocycles. The number of halogens is 3. The monoisotopic (exact) mass is 319 g/mol. The van der Waals surface area contributed by atoms with Crippen LogP contribution in [0.1, 0.15) is 13.3 Å². The maximum atomic E-state index is 13.4.